The molecule has 152 valence electrons. The fourth-order valence-corrected chi connectivity index (χ4v) is 4.30. The zero-order valence-electron chi connectivity index (χ0n) is 16.2. The van der Waals surface area contributed by atoms with Gasteiger partial charge in [0.25, 0.3) is 5.91 Å². The Bertz CT molecular complexity index is 572. The van der Waals surface area contributed by atoms with Crippen LogP contribution in [0.1, 0.15) is 58.8 Å². The van der Waals surface area contributed by atoms with Crippen LogP contribution in [0.2, 0.25) is 0 Å². The van der Waals surface area contributed by atoms with Gasteiger partial charge in [-0.15, -0.1) is 0 Å². The van der Waals surface area contributed by atoms with Crippen LogP contribution in [0.5, 0.6) is 0 Å². The second kappa shape index (κ2) is 9.19. The summed E-state index contributed by atoms with van der Waals surface area (Å²) in [5.74, 6) is -0.734. The number of carbonyl (C=O) groups is 4. The molecule has 3 amide bonds. The van der Waals surface area contributed by atoms with Gasteiger partial charge in [-0.25, -0.2) is 4.79 Å². The third-order valence-electron chi connectivity index (χ3n) is 6.00. The van der Waals surface area contributed by atoms with Crippen molar-refractivity contribution in [1.82, 2.24) is 10.6 Å². The van der Waals surface area contributed by atoms with Gasteiger partial charge in [-0.05, 0) is 31.6 Å². The number of nitrogens with two attached hydrogens (primary N) is 1. The zero-order chi connectivity index (χ0) is 20.0. The summed E-state index contributed by atoms with van der Waals surface area (Å²) in [4.78, 5) is 47.5. The molecule has 0 aromatic rings. The average molecular weight is 381 g/mol. The lowest BCUT2D eigenvalue weighted by Crippen LogP contribution is -2.53. The Kier molecular flexibility index (Phi) is 7.21. The maximum absolute atomic E-state index is 12.9. The van der Waals surface area contributed by atoms with E-state index >= 15 is 0 Å². The predicted molar refractivity (Wildman–Crippen MR) is 98.5 cm³/mol. The molecule has 1 aliphatic carbocycles. The van der Waals surface area contributed by atoms with Crippen molar-refractivity contribution in [3.8, 4) is 0 Å². The number of carbonyl (C=O) groups excluding carboxylic acids is 4. The molecule has 2 aliphatic rings. The van der Waals surface area contributed by atoms with Crippen molar-refractivity contribution in [2.24, 2.45) is 23.0 Å². The minimum absolute atomic E-state index is 0.108. The van der Waals surface area contributed by atoms with Gasteiger partial charge in [-0.2, -0.15) is 0 Å². The Morgan fingerprint density at radius 2 is 1.96 bits per heavy atom. The second-order valence-corrected chi connectivity index (χ2v) is 8.24. The highest BCUT2D eigenvalue weighted by Gasteiger charge is 2.44. The summed E-state index contributed by atoms with van der Waals surface area (Å²) in [6.45, 7) is 4.37. The van der Waals surface area contributed by atoms with Crippen LogP contribution >= 0.6 is 0 Å². The van der Waals surface area contributed by atoms with E-state index < -0.39 is 29.6 Å². The normalized spacial score (nSPS) is 23.2. The molecule has 1 saturated carbocycles. The third kappa shape index (κ3) is 5.43. The smallest absolute Gasteiger partial charge is 0.405 e. The number of hydrogen-bond donors (Lipinski definition) is 3. The molecular weight excluding hydrogens is 350 g/mol. The van der Waals surface area contributed by atoms with Crippen LogP contribution in [0.4, 0.5) is 4.79 Å². The molecule has 1 saturated heterocycles. The summed E-state index contributed by atoms with van der Waals surface area (Å²) in [6.07, 6.45) is 4.61. The van der Waals surface area contributed by atoms with E-state index in [0.29, 0.717) is 19.3 Å². The van der Waals surface area contributed by atoms with Gasteiger partial charge >= 0.3 is 6.09 Å². The van der Waals surface area contributed by atoms with Crippen LogP contribution < -0.4 is 16.4 Å². The van der Waals surface area contributed by atoms with Crippen molar-refractivity contribution < 1.29 is 23.9 Å². The molecule has 8 heteroatoms. The molecule has 0 spiro atoms. The minimum atomic E-state index is -1.09. The van der Waals surface area contributed by atoms with Crippen molar-refractivity contribution in [2.75, 3.05) is 6.54 Å². The molecular formula is C19H31N3O5. The zero-order valence-corrected chi connectivity index (χ0v) is 16.2. The Balaban J connectivity index is 2.09. The molecule has 0 aromatic heterocycles. The Morgan fingerprint density at radius 3 is 2.48 bits per heavy atom. The van der Waals surface area contributed by atoms with Crippen LogP contribution in [0.15, 0.2) is 0 Å². The van der Waals surface area contributed by atoms with Crippen molar-refractivity contribution in [2.45, 2.75) is 70.9 Å². The molecule has 1 heterocycles. The number of ether oxygens (including phenoxy) is 1. The highest BCUT2D eigenvalue weighted by molar-refractivity contribution is 5.87. The van der Waals surface area contributed by atoms with Gasteiger partial charge in [0.2, 0.25) is 5.91 Å². The van der Waals surface area contributed by atoms with Crippen LogP contribution in [0, 0.1) is 17.3 Å². The fourth-order valence-electron chi connectivity index (χ4n) is 4.30. The lowest BCUT2D eigenvalue weighted by molar-refractivity contribution is -0.140. The van der Waals surface area contributed by atoms with Gasteiger partial charge in [-0.1, -0.05) is 33.1 Å². The number of nitrogens with one attached hydrogen (secondary N) is 2. The third-order valence-corrected chi connectivity index (χ3v) is 6.00. The van der Waals surface area contributed by atoms with E-state index in [0.717, 1.165) is 32.1 Å². The molecule has 0 bridgehead atoms. The molecule has 0 radical (unpaired) electrons. The van der Waals surface area contributed by atoms with Crippen LogP contribution in [-0.4, -0.2) is 42.9 Å². The van der Waals surface area contributed by atoms with E-state index in [4.69, 9.17) is 10.5 Å². The van der Waals surface area contributed by atoms with Crippen molar-refractivity contribution >= 4 is 24.2 Å². The fraction of sp³-hybridized carbons (Fsp3) is 0.789. The molecule has 3 atom stereocenters. The Morgan fingerprint density at radius 1 is 1.30 bits per heavy atom. The van der Waals surface area contributed by atoms with Gasteiger partial charge in [0, 0.05) is 17.9 Å². The molecule has 2 fully saturated rings. The largest absolute Gasteiger partial charge is 0.436 e. The first-order valence-electron chi connectivity index (χ1n) is 9.75. The lowest BCUT2D eigenvalue weighted by atomic mass is 9.67. The van der Waals surface area contributed by atoms with Gasteiger partial charge in [0.15, 0.2) is 6.10 Å². The quantitative estimate of drug-likeness (QED) is 0.546. The van der Waals surface area contributed by atoms with Gasteiger partial charge in [-0.3, -0.25) is 9.59 Å². The predicted octanol–water partition coefficient (Wildman–Crippen LogP) is 1.27. The van der Waals surface area contributed by atoms with E-state index in [9.17, 15) is 19.2 Å². The van der Waals surface area contributed by atoms with Crippen LogP contribution in [0.3, 0.4) is 0 Å². The number of rotatable bonds is 8. The molecule has 0 aromatic carbocycles. The van der Waals surface area contributed by atoms with E-state index in [-0.39, 0.29) is 24.2 Å². The summed E-state index contributed by atoms with van der Waals surface area (Å²) in [7, 11) is 0. The summed E-state index contributed by atoms with van der Waals surface area (Å²) >= 11 is 0. The number of amides is 3. The Hall–Kier alpha value is -2.12. The first kappa shape index (κ1) is 21.2. The number of aldehydes is 1. The monoisotopic (exact) mass is 381 g/mol. The maximum atomic E-state index is 12.9. The number of primary amides is 1. The highest BCUT2D eigenvalue weighted by atomic mass is 16.6. The lowest BCUT2D eigenvalue weighted by Gasteiger charge is -2.41. The Labute approximate surface area is 159 Å². The van der Waals surface area contributed by atoms with Gasteiger partial charge in [0.1, 0.15) is 6.29 Å². The average Bonchev–Trinajstić information content (AvgIpc) is 3.04. The summed E-state index contributed by atoms with van der Waals surface area (Å²) in [6, 6.07) is -0.813. The molecule has 4 N–H and O–H groups in total. The highest BCUT2D eigenvalue weighted by Crippen LogP contribution is 2.41. The number of hydrogen-bond acceptors (Lipinski definition) is 5. The van der Waals surface area contributed by atoms with E-state index in [1.54, 1.807) is 0 Å². The van der Waals surface area contributed by atoms with Crippen molar-refractivity contribution in [1.29, 1.82) is 0 Å². The topological polar surface area (TPSA) is 128 Å². The summed E-state index contributed by atoms with van der Waals surface area (Å²) < 4.78 is 5.20. The van der Waals surface area contributed by atoms with E-state index in [1.807, 2.05) is 13.8 Å². The summed E-state index contributed by atoms with van der Waals surface area (Å²) in [5.41, 5.74) is 4.59. The van der Waals surface area contributed by atoms with Crippen LogP contribution in [0.25, 0.3) is 0 Å². The van der Waals surface area contributed by atoms with Crippen molar-refractivity contribution in [3.63, 3.8) is 0 Å². The minimum Gasteiger partial charge on any atom is -0.436 e. The molecule has 8 nitrogen and oxygen atoms in total. The van der Waals surface area contributed by atoms with Gasteiger partial charge in [0.05, 0.1) is 6.04 Å². The van der Waals surface area contributed by atoms with Crippen molar-refractivity contribution in [3.05, 3.63) is 0 Å². The summed E-state index contributed by atoms with van der Waals surface area (Å²) in [5, 5.41) is 5.36. The molecule has 2 rings (SSSR count). The SMILES string of the molecule is CC(C)(C1CCCCC1)C(OC(N)=O)C(=O)N[C@H](C=O)C[C@@H]1CCNC1=O. The second-order valence-electron chi connectivity index (χ2n) is 8.24. The molecule has 1 aliphatic heterocycles. The maximum Gasteiger partial charge on any atom is 0.405 e. The molecule has 27 heavy (non-hydrogen) atoms. The first-order chi connectivity index (χ1) is 12.8. The van der Waals surface area contributed by atoms with E-state index in [2.05, 4.69) is 10.6 Å². The first-order valence-corrected chi connectivity index (χ1v) is 9.75. The van der Waals surface area contributed by atoms with Gasteiger partial charge < -0.3 is 25.9 Å². The van der Waals surface area contributed by atoms with Crippen LogP contribution in [-0.2, 0) is 19.1 Å². The molecule has 1 unspecified atom stereocenters. The standard InChI is InChI=1S/C19H31N3O5/c1-19(2,13-6-4-3-5-7-13)15(27-18(20)26)17(25)22-14(11-23)10-12-8-9-21-16(12)24/h11-15H,3-10H2,1-2H3,(H2,20,26)(H,21,24)(H,22,25)/t12-,14-,15?/m0/s1. The van der Waals surface area contributed by atoms with E-state index in [1.165, 1.54) is 0 Å².